The van der Waals surface area contributed by atoms with Crippen molar-refractivity contribution < 1.29 is 9.53 Å². The summed E-state index contributed by atoms with van der Waals surface area (Å²) >= 11 is 16.4. The highest BCUT2D eigenvalue weighted by Crippen LogP contribution is 2.26. The lowest BCUT2D eigenvalue weighted by molar-refractivity contribution is 0.107. The van der Waals surface area contributed by atoms with E-state index in [2.05, 4.69) is 0 Å². The van der Waals surface area contributed by atoms with Gasteiger partial charge in [-0.2, -0.15) is 0 Å². The van der Waals surface area contributed by atoms with Crippen molar-refractivity contribution in [1.82, 2.24) is 4.90 Å². The van der Waals surface area contributed by atoms with Crippen LogP contribution in [0.4, 0.5) is 4.79 Å². The zero-order valence-electron chi connectivity index (χ0n) is 8.30. The van der Waals surface area contributed by atoms with Crippen molar-refractivity contribution in [3.8, 4) is 0 Å². The zero-order valence-corrected chi connectivity index (χ0v) is 10.6. The van der Waals surface area contributed by atoms with Gasteiger partial charge < -0.3 is 9.64 Å². The molecule has 0 aliphatic carbocycles. The van der Waals surface area contributed by atoms with Crippen molar-refractivity contribution >= 4 is 40.9 Å². The fraction of sp³-hybridized carbons (Fsp3) is 0.667. The second kappa shape index (κ2) is 5.28. The molecule has 0 bridgehead atoms. The lowest BCUT2D eigenvalue weighted by atomic mass is 10.1. The number of alkyl halides is 3. The Morgan fingerprint density at radius 1 is 1.60 bits per heavy atom. The number of hydrogen-bond donors (Lipinski definition) is 0. The highest BCUT2D eigenvalue weighted by Gasteiger charge is 2.24. The average Bonchev–Trinajstić information content (AvgIpc) is 2.14. The Morgan fingerprint density at radius 3 is 2.73 bits per heavy atom. The fourth-order valence-electron chi connectivity index (χ4n) is 1.17. The van der Waals surface area contributed by atoms with Crippen molar-refractivity contribution in [2.24, 2.45) is 0 Å². The summed E-state index contributed by atoms with van der Waals surface area (Å²) in [5.41, 5.74) is 1.28. The Balaban J connectivity index is 2.36. The number of nitrogens with zero attached hydrogens (tertiary/aromatic N) is 1. The predicted molar refractivity (Wildman–Crippen MR) is 61.6 cm³/mol. The van der Waals surface area contributed by atoms with E-state index in [1.807, 2.05) is 13.0 Å². The van der Waals surface area contributed by atoms with Crippen LogP contribution in [0.5, 0.6) is 0 Å². The molecule has 0 radical (unpaired) electrons. The summed E-state index contributed by atoms with van der Waals surface area (Å²) in [6.45, 7) is 3.02. The van der Waals surface area contributed by atoms with Crippen molar-refractivity contribution in [1.29, 1.82) is 0 Å². The number of halogens is 3. The van der Waals surface area contributed by atoms with Crippen LogP contribution in [0.25, 0.3) is 0 Å². The summed E-state index contributed by atoms with van der Waals surface area (Å²) in [5, 5.41) is 0. The van der Waals surface area contributed by atoms with Gasteiger partial charge in [-0.3, -0.25) is 0 Å². The van der Waals surface area contributed by atoms with E-state index in [9.17, 15) is 4.79 Å². The molecule has 0 fully saturated rings. The first kappa shape index (κ1) is 12.9. The van der Waals surface area contributed by atoms with E-state index in [1.54, 1.807) is 4.90 Å². The highest BCUT2D eigenvalue weighted by atomic mass is 35.6. The van der Waals surface area contributed by atoms with Gasteiger partial charge in [-0.15, -0.1) is 0 Å². The quantitative estimate of drug-likeness (QED) is 0.542. The normalized spacial score (nSPS) is 17.3. The fourth-order valence-corrected chi connectivity index (χ4v) is 1.34. The summed E-state index contributed by atoms with van der Waals surface area (Å²) in [7, 11) is 0. The second-order valence-corrected chi connectivity index (χ2v) is 5.93. The van der Waals surface area contributed by atoms with Gasteiger partial charge in [0.05, 0.1) is 0 Å². The molecule has 0 aromatic heterocycles. The molecule has 3 nitrogen and oxygen atoms in total. The molecular weight excluding hydrogens is 260 g/mol. The topological polar surface area (TPSA) is 29.5 Å². The van der Waals surface area contributed by atoms with Crippen LogP contribution >= 0.6 is 34.8 Å². The van der Waals surface area contributed by atoms with Crippen molar-refractivity contribution in [2.75, 3.05) is 19.7 Å². The van der Waals surface area contributed by atoms with Gasteiger partial charge in [0.2, 0.25) is 3.79 Å². The SMILES string of the molecule is CC1=CCN(C(=O)OCC(Cl)(Cl)Cl)CC1. The van der Waals surface area contributed by atoms with Crippen molar-refractivity contribution in [3.05, 3.63) is 11.6 Å². The van der Waals surface area contributed by atoms with Gasteiger partial charge in [0.1, 0.15) is 6.61 Å². The van der Waals surface area contributed by atoms with Crippen LogP contribution in [0, 0.1) is 0 Å². The summed E-state index contributed by atoms with van der Waals surface area (Å²) in [6, 6.07) is 0. The lowest BCUT2D eigenvalue weighted by Gasteiger charge is -2.25. The smallest absolute Gasteiger partial charge is 0.410 e. The minimum atomic E-state index is -1.54. The number of rotatable bonds is 1. The van der Waals surface area contributed by atoms with Crippen LogP contribution in [0.2, 0.25) is 0 Å². The minimum Gasteiger partial charge on any atom is -0.445 e. The van der Waals surface area contributed by atoms with Crippen LogP contribution in [0.1, 0.15) is 13.3 Å². The van der Waals surface area contributed by atoms with E-state index >= 15 is 0 Å². The van der Waals surface area contributed by atoms with Gasteiger partial charge in [0.25, 0.3) is 0 Å². The number of ether oxygens (including phenoxy) is 1. The third kappa shape index (κ3) is 4.96. The molecule has 15 heavy (non-hydrogen) atoms. The van der Waals surface area contributed by atoms with E-state index in [0.717, 1.165) is 6.42 Å². The Hall–Kier alpha value is -0.120. The first-order valence-electron chi connectivity index (χ1n) is 4.52. The molecule has 0 unspecified atom stereocenters. The van der Waals surface area contributed by atoms with Crippen LogP contribution in [0.15, 0.2) is 11.6 Å². The first-order chi connectivity index (χ1) is 6.88. The number of amides is 1. The summed E-state index contributed by atoms with van der Waals surface area (Å²) in [4.78, 5) is 13.0. The Kier molecular flexibility index (Phi) is 4.56. The largest absolute Gasteiger partial charge is 0.445 e. The maximum atomic E-state index is 11.4. The molecule has 0 aromatic carbocycles. The molecule has 1 heterocycles. The van der Waals surface area contributed by atoms with Crippen LogP contribution in [-0.2, 0) is 4.74 Å². The van der Waals surface area contributed by atoms with E-state index < -0.39 is 9.89 Å². The van der Waals surface area contributed by atoms with Crippen LogP contribution in [0.3, 0.4) is 0 Å². The monoisotopic (exact) mass is 271 g/mol. The minimum absolute atomic E-state index is 0.226. The molecule has 86 valence electrons. The standard InChI is InChI=1S/C9H12Cl3NO2/c1-7-2-4-13(5-3-7)8(14)15-6-9(10,11)12/h2H,3-6H2,1H3. The van der Waals surface area contributed by atoms with Crippen molar-refractivity contribution in [3.63, 3.8) is 0 Å². The number of carbonyl (C=O) groups excluding carboxylic acids is 1. The summed E-state index contributed by atoms with van der Waals surface area (Å²) < 4.78 is 3.30. The molecule has 1 aliphatic heterocycles. The van der Waals surface area contributed by atoms with Gasteiger partial charge in [-0.25, -0.2) is 4.79 Å². The molecule has 0 aromatic rings. The van der Waals surface area contributed by atoms with E-state index in [4.69, 9.17) is 39.5 Å². The Labute approximate surface area is 104 Å². The molecule has 1 aliphatic rings. The molecule has 0 atom stereocenters. The second-order valence-electron chi connectivity index (χ2n) is 3.42. The van der Waals surface area contributed by atoms with Crippen LogP contribution in [-0.4, -0.2) is 34.5 Å². The van der Waals surface area contributed by atoms with E-state index in [0.29, 0.717) is 13.1 Å². The third-order valence-electron chi connectivity index (χ3n) is 2.05. The molecular formula is C9H12Cl3NO2. The van der Waals surface area contributed by atoms with Gasteiger partial charge >= 0.3 is 6.09 Å². The molecule has 0 saturated carbocycles. The van der Waals surface area contributed by atoms with Crippen LogP contribution < -0.4 is 0 Å². The van der Waals surface area contributed by atoms with Gasteiger partial charge in [-0.1, -0.05) is 46.5 Å². The molecule has 0 saturated heterocycles. The number of carbonyl (C=O) groups is 1. The Morgan fingerprint density at radius 2 is 2.27 bits per heavy atom. The summed E-state index contributed by atoms with van der Waals surface area (Å²) in [6.07, 6.45) is 2.41. The highest BCUT2D eigenvalue weighted by molar-refractivity contribution is 6.67. The summed E-state index contributed by atoms with van der Waals surface area (Å²) in [5.74, 6) is 0. The lowest BCUT2D eigenvalue weighted by Crippen LogP contribution is -2.36. The molecule has 1 rings (SSSR count). The molecule has 1 amide bonds. The van der Waals surface area contributed by atoms with Gasteiger partial charge in [0, 0.05) is 13.1 Å². The van der Waals surface area contributed by atoms with E-state index in [1.165, 1.54) is 5.57 Å². The molecule has 0 spiro atoms. The predicted octanol–water partition coefficient (Wildman–Crippen LogP) is 3.15. The third-order valence-corrected chi connectivity index (χ3v) is 2.38. The first-order valence-corrected chi connectivity index (χ1v) is 5.66. The van der Waals surface area contributed by atoms with Gasteiger partial charge in [-0.05, 0) is 13.3 Å². The maximum Gasteiger partial charge on any atom is 0.410 e. The molecule has 6 heteroatoms. The average molecular weight is 273 g/mol. The van der Waals surface area contributed by atoms with Crippen molar-refractivity contribution in [2.45, 2.75) is 17.1 Å². The van der Waals surface area contributed by atoms with E-state index in [-0.39, 0.29) is 6.61 Å². The zero-order chi connectivity index (χ0) is 11.5. The molecule has 0 N–H and O–H groups in total. The maximum absolute atomic E-state index is 11.4. The Bertz CT molecular complexity index is 273. The van der Waals surface area contributed by atoms with Gasteiger partial charge in [0.15, 0.2) is 0 Å². The number of hydrogen-bond acceptors (Lipinski definition) is 2.